The van der Waals surface area contributed by atoms with Crippen LogP contribution in [0.25, 0.3) is 0 Å². The third kappa shape index (κ3) is 3.16. The number of nitrogens with one attached hydrogen (secondary N) is 2. The van der Waals surface area contributed by atoms with Crippen LogP contribution in [-0.2, 0) is 0 Å². The summed E-state index contributed by atoms with van der Waals surface area (Å²) < 4.78 is 13.7. The number of amides is 1. The lowest BCUT2D eigenvalue weighted by atomic mass is 10.2. The minimum absolute atomic E-state index is 0.0376. The molecule has 1 saturated carbocycles. The zero-order valence-corrected chi connectivity index (χ0v) is 10.1. The highest BCUT2D eigenvalue weighted by Gasteiger charge is 2.20. The molecule has 0 spiro atoms. The average Bonchev–Trinajstić information content (AvgIpc) is 3.18. The van der Waals surface area contributed by atoms with Crippen LogP contribution in [0.1, 0.15) is 36.0 Å². The third-order valence-electron chi connectivity index (χ3n) is 3.04. The predicted molar refractivity (Wildman–Crippen MR) is 66.3 cm³/mol. The Morgan fingerprint density at radius 1 is 1.56 bits per heavy atom. The molecule has 0 aromatic carbocycles. The van der Waals surface area contributed by atoms with Crippen LogP contribution in [0.5, 0.6) is 0 Å². The fraction of sp³-hybridized carbons (Fsp3) is 0.500. The van der Waals surface area contributed by atoms with Crippen molar-refractivity contribution in [3.05, 3.63) is 23.6 Å². The van der Waals surface area contributed by atoms with Crippen LogP contribution in [0.3, 0.4) is 0 Å². The first-order valence-corrected chi connectivity index (χ1v) is 6.11. The SMILES string of the molecule is NNc1nccc(C(=O)NCCCC2CC2)c1F. The van der Waals surface area contributed by atoms with Crippen molar-refractivity contribution >= 4 is 11.7 Å². The number of carbonyl (C=O) groups excluding carboxylic acids is 1. The van der Waals surface area contributed by atoms with Crippen LogP contribution in [0.2, 0.25) is 0 Å². The summed E-state index contributed by atoms with van der Waals surface area (Å²) in [5.41, 5.74) is 2.08. The van der Waals surface area contributed by atoms with Gasteiger partial charge in [0.15, 0.2) is 11.6 Å². The normalized spacial score (nSPS) is 14.3. The number of hydrazine groups is 1. The van der Waals surface area contributed by atoms with Gasteiger partial charge in [-0.3, -0.25) is 4.79 Å². The Morgan fingerprint density at radius 2 is 2.33 bits per heavy atom. The smallest absolute Gasteiger partial charge is 0.254 e. The first-order valence-electron chi connectivity index (χ1n) is 6.11. The summed E-state index contributed by atoms with van der Waals surface area (Å²) in [6.07, 6.45) is 6.02. The molecule has 6 heteroatoms. The number of carbonyl (C=O) groups is 1. The topological polar surface area (TPSA) is 80.0 Å². The second-order valence-electron chi connectivity index (χ2n) is 4.51. The largest absolute Gasteiger partial charge is 0.352 e. The van der Waals surface area contributed by atoms with Crippen LogP contribution >= 0.6 is 0 Å². The van der Waals surface area contributed by atoms with Crippen LogP contribution in [0, 0.1) is 11.7 Å². The van der Waals surface area contributed by atoms with Crippen molar-refractivity contribution in [2.75, 3.05) is 12.0 Å². The van der Waals surface area contributed by atoms with E-state index in [-0.39, 0.29) is 11.4 Å². The Balaban J connectivity index is 1.87. The molecule has 18 heavy (non-hydrogen) atoms. The molecule has 1 aliphatic rings. The lowest BCUT2D eigenvalue weighted by molar-refractivity contribution is 0.0948. The van der Waals surface area contributed by atoms with Crippen molar-refractivity contribution in [2.24, 2.45) is 11.8 Å². The zero-order chi connectivity index (χ0) is 13.0. The fourth-order valence-electron chi connectivity index (χ4n) is 1.81. The van der Waals surface area contributed by atoms with Gasteiger partial charge in [0, 0.05) is 12.7 Å². The van der Waals surface area contributed by atoms with E-state index in [9.17, 15) is 9.18 Å². The van der Waals surface area contributed by atoms with Crippen molar-refractivity contribution in [1.29, 1.82) is 0 Å². The summed E-state index contributed by atoms with van der Waals surface area (Å²) in [5, 5.41) is 2.70. The second kappa shape index (κ2) is 5.77. The van der Waals surface area contributed by atoms with Gasteiger partial charge in [0.25, 0.3) is 5.91 Å². The maximum atomic E-state index is 13.7. The number of rotatable bonds is 6. The molecule has 98 valence electrons. The average molecular weight is 252 g/mol. The van der Waals surface area contributed by atoms with Crippen LogP contribution < -0.4 is 16.6 Å². The second-order valence-corrected chi connectivity index (χ2v) is 4.51. The van der Waals surface area contributed by atoms with Crippen molar-refractivity contribution in [3.63, 3.8) is 0 Å². The molecule has 0 radical (unpaired) electrons. The Morgan fingerprint density at radius 3 is 3.00 bits per heavy atom. The Kier molecular flexibility index (Phi) is 4.09. The van der Waals surface area contributed by atoms with E-state index in [1.54, 1.807) is 0 Å². The number of pyridine rings is 1. The van der Waals surface area contributed by atoms with Crippen molar-refractivity contribution in [1.82, 2.24) is 10.3 Å². The number of nitrogen functional groups attached to an aromatic ring is 1. The van der Waals surface area contributed by atoms with E-state index in [0.29, 0.717) is 6.54 Å². The molecule has 1 aliphatic carbocycles. The van der Waals surface area contributed by atoms with E-state index in [0.717, 1.165) is 18.8 Å². The van der Waals surface area contributed by atoms with Gasteiger partial charge in [-0.15, -0.1) is 0 Å². The highest BCUT2D eigenvalue weighted by atomic mass is 19.1. The van der Waals surface area contributed by atoms with Crippen molar-refractivity contribution < 1.29 is 9.18 Å². The molecule has 1 aromatic heterocycles. The van der Waals surface area contributed by atoms with Gasteiger partial charge in [-0.05, 0) is 24.8 Å². The molecule has 2 rings (SSSR count). The van der Waals surface area contributed by atoms with Crippen LogP contribution in [0.15, 0.2) is 12.3 Å². The predicted octanol–water partition coefficient (Wildman–Crippen LogP) is 1.43. The summed E-state index contributed by atoms with van der Waals surface area (Å²) in [6, 6.07) is 1.34. The molecular formula is C12H17FN4O. The standard InChI is InChI=1S/C12H17FN4O/c13-10-9(5-7-15-11(10)17-14)12(18)16-6-1-2-8-3-4-8/h5,7-8H,1-4,6,14H2,(H,15,17)(H,16,18). The van der Waals surface area contributed by atoms with E-state index >= 15 is 0 Å². The van der Waals surface area contributed by atoms with E-state index in [2.05, 4.69) is 15.7 Å². The number of anilines is 1. The van der Waals surface area contributed by atoms with Crippen molar-refractivity contribution in [2.45, 2.75) is 25.7 Å². The van der Waals surface area contributed by atoms with E-state index in [4.69, 9.17) is 5.84 Å². The third-order valence-corrected chi connectivity index (χ3v) is 3.04. The molecule has 1 fully saturated rings. The molecule has 0 bridgehead atoms. The lowest BCUT2D eigenvalue weighted by Gasteiger charge is -2.07. The van der Waals surface area contributed by atoms with Gasteiger partial charge >= 0.3 is 0 Å². The molecule has 0 saturated heterocycles. The summed E-state index contributed by atoms with van der Waals surface area (Å²) in [5.74, 6) is 4.66. The van der Waals surface area contributed by atoms with Crippen LogP contribution in [0.4, 0.5) is 10.2 Å². The number of aromatic nitrogens is 1. The van der Waals surface area contributed by atoms with Gasteiger partial charge < -0.3 is 10.7 Å². The Labute approximate surface area is 105 Å². The molecule has 0 atom stereocenters. The number of nitrogens with zero attached hydrogens (tertiary/aromatic N) is 1. The number of hydrogen-bond acceptors (Lipinski definition) is 4. The lowest BCUT2D eigenvalue weighted by Crippen LogP contribution is -2.26. The number of hydrogen-bond donors (Lipinski definition) is 3. The minimum Gasteiger partial charge on any atom is -0.352 e. The molecule has 1 heterocycles. The van der Waals surface area contributed by atoms with Gasteiger partial charge in [0.1, 0.15) is 0 Å². The monoisotopic (exact) mass is 252 g/mol. The molecule has 1 aromatic rings. The van der Waals surface area contributed by atoms with Gasteiger partial charge in [0.05, 0.1) is 5.56 Å². The zero-order valence-electron chi connectivity index (χ0n) is 10.1. The highest BCUT2D eigenvalue weighted by Crippen LogP contribution is 2.33. The summed E-state index contributed by atoms with van der Waals surface area (Å²) in [4.78, 5) is 15.4. The van der Waals surface area contributed by atoms with E-state index < -0.39 is 11.7 Å². The first-order chi connectivity index (χ1) is 8.72. The maximum absolute atomic E-state index is 13.7. The molecule has 0 unspecified atom stereocenters. The molecule has 4 N–H and O–H groups in total. The molecule has 5 nitrogen and oxygen atoms in total. The minimum atomic E-state index is -0.723. The maximum Gasteiger partial charge on any atom is 0.254 e. The quantitative estimate of drug-likeness (QED) is 0.406. The molecular weight excluding hydrogens is 235 g/mol. The first kappa shape index (κ1) is 12.8. The highest BCUT2D eigenvalue weighted by molar-refractivity contribution is 5.95. The fourth-order valence-corrected chi connectivity index (χ4v) is 1.81. The summed E-state index contributed by atoms with van der Waals surface area (Å²) in [7, 11) is 0. The molecule has 1 amide bonds. The Bertz CT molecular complexity index is 434. The molecule has 0 aliphatic heterocycles. The van der Waals surface area contributed by atoms with Gasteiger partial charge in [-0.25, -0.2) is 15.2 Å². The van der Waals surface area contributed by atoms with Gasteiger partial charge in [-0.2, -0.15) is 0 Å². The number of nitrogens with two attached hydrogens (primary N) is 1. The van der Waals surface area contributed by atoms with Crippen molar-refractivity contribution in [3.8, 4) is 0 Å². The van der Waals surface area contributed by atoms with E-state index in [1.807, 2.05) is 0 Å². The van der Waals surface area contributed by atoms with Gasteiger partial charge in [-0.1, -0.05) is 12.8 Å². The van der Waals surface area contributed by atoms with Crippen LogP contribution in [-0.4, -0.2) is 17.4 Å². The Hall–Kier alpha value is -1.69. The summed E-state index contributed by atoms with van der Waals surface area (Å²) in [6.45, 7) is 0.572. The number of halogens is 1. The summed E-state index contributed by atoms with van der Waals surface area (Å²) >= 11 is 0. The van der Waals surface area contributed by atoms with Gasteiger partial charge in [0.2, 0.25) is 0 Å². The van der Waals surface area contributed by atoms with E-state index in [1.165, 1.54) is 25.1 Å².